The minimum Gasteiger partial charge on any atom is -0.489 e. The van der Waals surface area contributed by atoms with E-state index in [-0.39, 0.29) is 0 Å². The molecule has 1 N–H and O–H groups in total. The molecule has 0 aliphatic rings. The molecule has 0 aromatic heterocycles. The maximum Gasteiger partial charge on any atom is 0.122 e. The van der Waals surface area contributed by atoms with Crippen molar-refractivity contribution in [3.63, 3.8) is 0 Å². The van der Waals surface area contributed by atoms with Crippen molar-refractivity contribution in [2.75, 3.05) is 13.6 Å². The molecular formula is C19H25NO. The van der Waals surface area contributed by atoms with Crippen LogP contribution in [0.25, 0.3) is 0 Å². The van der Waals surface area contributed by atoms with Crippen LogP contribution in [0.2, 0.25) is 0 Å². The maximum absolute atomic E-state index is 5.91. The lowest BCUT2D eigenvalue weighted by molar-refractivity contribution is 0.304. The zero-order chi connectivity index (χ0) is 15.2. The molecule has 0 spiro atoms. The Kier molecular flexibility index (Phi) is 5.40. The van der Waals surface area contributed by atoms with Gasteiger partial charge in [-0.2, -0.15) is 0 Å². The van der Waals surface area contributed by atoms with Gasteiger partial charge in [-0.1, -0.05) is 48.9 Å². The molecule has 2 heteroatoms. The topological polar surface area (TPSA) is 21.3 Å². The molecular weight excluding hydrogens is 258 g/mol. The van der Waals surface area contributed by atoms with Gasteiger partial charge in [0.2, 0.25) is 0 Å². The summed E-state index contributed by atoms with van der Waals surface area (Å²) in [7, 11) is 1.99. The van der Waals surface area contributed by atoms with Gasteiger partial charge in [-0.15, -0.1) is 0 Å². The Balaban J connectivity index is 1.97. The van der Waals surface area contributed by atoms with Crippen molar-refractivity contribution in [2.45, 2.75) is 33.3 Å². The zero-order valence-corrected chi connectivity index (χ0v) is 13.4. The summed E-state index contributed by atoms with van der Waals surface area (Å²) in [6.45, 7) is 8.04. The Morgan fingerprint density at radius 2 is 1.76 bits per heavy atom. The van der Waals surface area contributed by atoms with E-state index >= 15 is 0 Å². The van der Waals surface area contributed by atoms with E-state index < -0.39 is 0 Å². The Labute approximate surface area is 128 Å². The Morgan fingerprint density at radius 3 is 2.38 bits per heavy atom. The number of benzene rings is 2. The monoisotopic (exact) mass is 283 g/mol. The molecule has 0 fully saturated rings. The molecule has 2 rings (SSSR count). The van der Waals surface area contributed by atoms with E-state index in [2.05, 4.69) is 62.5 Å². The van der Waals surface area contributed by atoms with Crippen molar-refractivity contribution in [3.05, 3.63) is 64.7 Å². The first-order valence-corrected chi connectivity index (χ1v) is 7.53. The largest absolute Gasteiger partial charge is 0.489 e. The lowest BCUT2D eigenvalue weighted by Gasteiger charge is -2.13. The van der Waals surface area contributed by atoms with Gasteiger partial charge in [0.15, 0.2) is 0 Å². The number of hydrogen-bond acceptors (Lipinski definition) is 2. The third kappa shape index (κ3) is 4.33. The first-order chi connectivity index (χ1) is 10.1. The summed E-state index contributed by atoms with van der Waals surface area (Å²) in [6, 6.07) is 15.0. The minimum absolute atomic E-state index is 0.532. The van der Waals surface area contributed by atoms with Crippen LogP contribution in [0.1, 0.15) is 35.1 Å². The summed E-state index contributed by atoms with van der Waals surface area (Å²) in [5.74, 6) is 1.50. The van der Waals surface area contributed by atoms with Gasteiger partial charge < -0.3 is 10.1 Å². The van der Waals surface area contributed by atoms with Crippen molar-refractivity contribution in [2.24, 2.45) is 0 Å². The van der Waals surface area contributed by atoms with Crippen LogP contribution in [-0.2, 0) is 6.61 Å². The number of ether oxygens (including phenoxy) is 1. The van der Waals surface area contributed by atoms with Crippen LogP contribution < -0.4 is 10.1 Å². The number of likely N-dealkylation sites (N-methyl/N-ethyl adjacent to an activating group) is 1. The van der Waals surface area contributed by atoms with Crippen molar-refractivity contribution in [1.82, 2.24) is 5.32 Å². The van der Waals surface area contributed by atoms with Gasteiger partial charge in [-0.25, -0.2) is 0 Å². The van der Waals surface area contributed by atoms with Gasteiger partial charge >= 0.3 is 0 Å². The number of rotatable bonds is 6. The molecule has 1 unspecified atom stereocenters. The molecule has 2 aromatic carbocycles. The molecule has 0 saturated carbocycles. The van der Waals surface area contributed by atoms with Crippen LogP contribution >= 0.6 is 0 Å². The Morgan fingerprint density at radius 1 is 1.05 bits per heavy atom. The number of nitrogens with one attached hydrogen (secondary N) is 1. The standard InChI is InChI=1S/C19H25NO/c1-14-5-10-19(15(2)11-14)21-13-17-6-8-18(9-7-17)16(3)12-20-4/h5-11,16,20H,12-13H2,1-4H3. The lowest BCUT2D eigenvalue weighted by atomic mass is 10.00. The molecule has 0 amide bonds. The van der Waals surface area contributed by atoms with Gasteiger partial charge in [0.05, 0.1) is 0 Å². The molecule has 2 aromatic rings. The van der Waals surface area contributed by atoms with E-state index in [1.54, 1.807) is 0 Å². The van der Waals surface area contributed by atoms with E-state index in [1.807, 2.05) is 13.1 Å². The van der Waals surface area contributed by atoms with Gasteiger partial charge in [0.1, 0.15) is 12.4 Å². The highest BCUT2D eigenvalue weighted by atomic mass is 16.5. The summed E-state index contributed by atoms with van der Waals surface area (Å²) in [4.78, 5) is 0. The van der Waals surface area contributed by atoms with Crippen LogP contribution in [0.15, 0.2) is 42.5 Å². The molecule has 1 atom stereocenters. The van der Waals surface area contributed by atoms with E-state index in [9.17, 15) is 0 Å². The normalized spacial score (nSPS) is 12.2. The van der Waals surface area contributed by atoms with Crippen molar-refractivity contribution in [1.29, 1.82) is 0 Å². The predicted molar refractivity (Wildman–Crippen MR) is 89.0 cm³/mol. The average molecular weight is 283 g/mol. The molecule has 0 radical (unpaired) electrons. The van der Waals surface area contributed by atoms with Crippen LogP contribution in [0.3, 0.4) is 0 Å². The SMILES string of the molecule is CNCC(C)c1ccc(COc2ccc(C)cc2C)cc1. The summed E-state index contributed by atoms with van der Waals surface area (Å²) < 4.78 is 5.91. The second-order valence-electron chi connectivity index (χ2n) is 5.76. The second-order valence-corrected chi connectivity index (χ2v) is 5.76. The first kappa shape index (κ1) is 15.6. The van der Waals surface area contributed by atoms with E-state index in [4.69, 9.17) is 4.74 Å². The van der Waals surface area contributed by atoms with Crippen LogP contribution in [0.4, 0.5) is 0 Å². The van der Waals surface area contributed by atoms with Crippen molar-refractivity contribution in [3.8, 4) is 5.75 Å². The lowest BCUT2D eigenvalue weighted by Crippen LogP contribution is -2.14. The highest BCUT2D eigenvalue weighted by molar-refractivity contribution is 5.36. The fraction of sp³-hybridized carbons (Fsp3) is 0.368. The van der Waals surface area contributed by atoms with Crippen LogP contribution in [0.5, 0.6) is 5.75 Å². The highest BCUT2D eigenvalue weighted by Gasteiger charge is 2.05. The van der Waals surface area contributed by atoms with Gasteiger partial charge in [0.25, 0.3) is 0 Å². The molecule has 0 aliphatic carbocycles. The van der Waals surface area contributed by atoms with E-state index in [0.29, 0.717) is 12.5 Å². The zero-order valence-electron chi connectivity index (χ0n) is 13.4. The van der Waals surface area contributed by atoms with Crippen LogP contribution in [0, 0.1) is 13.8 Å². The fourth-order valence-electron chi connectivity index (χ4n) is 2.49. The second kappa shape index (κ2) is 7.28. The molecule has 0 aliphatic heterocycles. The summed E-state index contributed by atoms with van der Waals surface area (Å²) in [5.41, 5.74) is 5.02. The van der Waals surface area contributed by atoms with Gasteiger partial charge in [-0.3, -0.25) is 0 Å². The molecule has 21 heavy (non-hydrogen) atoms. The summed E-state index contributed by atoms with van der Waals surface area (Å²) in [5, 5.41) is 3.21. The third-order valence-corrected chi connectivity index (χ3v) is 3.78. The maximum atomic E-state index is 5.91. The summed E-state index contributed by atoms with van der Waals surface area (Å²) in [6.07, 6.45) is 0. The molecule has 112 valence electrons. The predicted octanol–water partition coefficient (Wildman–Crippen LogP) is 4.21. The van der Waals surface area contributed by atoms with Crippen molar-refractivity contribution >= 4 is 0 Å². The van der Waals surface area contributed by atoms with E-state index in [1.165, 1.54) is 22.3 Å². The quantitative estimate of drug-likeness (QED) is 0.857. The fourth-order valence-corrected chi connectivity index (χ4v) is 2.49. The van der Waals surface area contributed by atoms with E-state index in [0.717, 1.165) is 12.3 Å². The molecule has 2 nitrogen and oxygen atoms in total. The third-order valence-electron chi connectivity index (χ3n) is 3.78. The van der Waals surface area contributed by atoms with Crippen molar-refractivity contribution < 1.29 is 4.74 Å². The van der Waals surface area contributed by atoms with Crippen LogP contribution in [-0.4, -0.2) is 13.6 Å². The number of aryl methyl sites for hydroxylation is 2. The average Bonchev–Trinajstić information content (AvgIpc) is 2.47. The Bertz CT molecular complexity index is 575. The minimum atomic E-state index is 0.532. The van der Waals surface area contributed by atoms with Gasteiger partial charge in [0, 0.05) is 6.54 Å². The summed E-state index contributed by atoms with van der Waals surface area (Å²) >= 11 is 0. The molecule has 0 heterocycles. The number of hydrogen-bond donors (Lipinski definition) is 1. The first-order valence-electron chi connectivity index (χ1n) is 7.53. The molecule has 0 bridgehead atoms. The highest BCUT2D eigenvalue weighted by Crippen LogP contribution is 2.21. The van der Waals surface area contributed by atoms with Gasteiger partial charge in [-0.05, 0) is 49.6 Å². The Hall–Kier alpha value is -1.80. The molecule has 0 saturated heterocycles. The smallest absolute Gasteiger partial charge is 0.122 e.